The molecule has 1 fully saturated rings. The van der Waals surface area contributed by atoms with Gasteiger partial charge in [-0.15, -0.1) is 0 Å². The molecule has 1 saturated carbocycles. The van der Waals surface area contributed by atoms with Crippen LogP contribution in [0.5, 0.6) is 0 Å². The number of hydrogen-bond donors (Lipinski definition) is 2. The first-order valence-corrected chi connectivity index (χ1v) is 6.16. The van der Waals surface area contributed by atoms with Gasteiger partial charge in [-0.3, -0.25) is 0 Å². The maximum Gasteiger partial charge on any atom is 0.143 e. The summed E-state index contributed by atoms with van der Waals surface area (Å²) in [4.78, 5) is 0. The van der Waals surface area contributed by atoms with Crippen molar-refractivity contribution in [1.82, 2.24) is 5.16 Å². The highest BCUT2D eigenvalue weighted by Crippen LogP contribution is 2.48. The molecule has 0 radical (unpaired) electrons. The molecule has 0 bridgehead atoms. The molecule has 4 heteroatoms. The molecule has 1 aromatic rings. The second-order valence-electron chi connectivity index (χ2n) is 5.06. The third-order valence-electron chi connectivity index (χ3n) is 3.77. The van der Waals surface area contributed by atoms with Gasteiger partial charge in [0, 0.05) is 17.9 Å². The van der Waals surface area contributed by atoms with Crippen LogP contribution in [0.4, 0.5) is 0 Å². The summed E-state index contributed by atoms with van der Waals surface area (Å²) >= 11 is 0. The van der Waals surface area contributed by atoms with E-state index in [1.54, 1.807) is 0 Å². The Kier molecular flexibility index (Phi) is 2.30. The van der Waals surface area contributed by atoms with Gasteiger partial charge in [-0.05, 0) is 38.6 Å². The zero-order valence-electron chi connectivity index (χ0n) is 9.41. The molecule has 4 nitrogen and oxygen atoms in total. The van der Waals surface area contributed by atoms with E-state index in [1.165, 1.54) is 12.8 Å². The zero-order valence-corrected chi connectivity index (χ0v) is 9.41. The van der Waals surface area contributed by atoms with Crippen molar-refractivity contribution < 1.29 is 9.63 Å². The van der Waals surface area contributed by atoms with E-state index in [0.717, 1.165) is 36.3 Å². The first-order valence-electron chi connectivity index (χ1n) is 6.16. The molecule has 1 aromatic heterocycles. The van der Waals surface area contributed by atoms with Crippen molar-refractivity contribution in [3.63, 3.8) is 0 Å². The Bertz CT molecular complexity index is 398. The van der Waals surface area contributed by atoms with Crippen molar-refractivity contribution >= 4 is 0 Å². The molecule has 0 spiro atoms. The number of aromatic nitrogens is 1. The first kappa shape index (κ1) is 10.3. The zero-order chi connectivity index (χ0) is 11.2. The third kappa shape index (κ3) is 1.48. The van der Waals surface area contributed by atoms with Gasteiger partial charge in [0.2, 0.25) is 0 Å². The predicted octanol–water partition coefficient (Wildman–Crippen LogP) is 1.42. The Hall–Kier alpha value is -0.870. The predicted molar refractivity (Wildman–Crippen MR) is 59.0 cm³/mol. The number of nitrogens with zero attached hydrogens (tertiary/aromatic N) is 1. The average Bonchev–Trinajstić information content (AvgIpc) is 2.99. The smallest absolute Gasteiger partial charge is 0.143 e. The number of fused-ring (bicyclic) bond motifs is 1. The molecule has 2 aliphatic carbocycles. The van der Waals surface area contributed by atoms with E-state index < -0.39 is 5.60 Å². The minimum Gasteiger partial charge on any atom is -0.385 e. The van der Waals surface area contributed by atoms with Crippen LogP contribution in [0.2, 0.25) is 0 Å². The van der Waals surface area contributed by atoms with Crippen LogP contribution in [-0.2, 0) is 12.0 Å². The second kappa shape index (κ2) is 3.57. The molecule has 16 heavy (non-hydrogen) atoms. The van der Waals surface area contributed by atoms with Gasteiger partial charge in [0.1, 0.15) is 5.76 Å². The van der Waals surface area contributed by atoms with Gasteiger partial charge in [-0.1, -0.05) is 5.16 Å². The van der Waals surface area contributed by atoms with Crippen molar-refractivity contribution in [3.8, 4) is 0 Å². The summed E-state index contributed by atoms with van der Waals surface area (Å²) in [5.41, 5.74) is 6.81. The number of hydrogen-bond acceptors (Lipinski definition) is 4. The maximum absolute atomic E-state index is 10.7. The van der Waals surface area contributed by atoms with Crippen molar-refractivity contribution in [2.75, 3.05) is 6.54 Å². The summed E-state index contributed by atoms with van der Waals surface area (Å²) in [7, 11) is 0. The van der Waals surface area contributed by atoms with Gasteiger partial charge < -0.3 is 15.4 Å². The summed E-state index contributed by atoms with van der Waals surface area (Å²) in [5, 5.41) is 14.9. The molecule has 1 heterocycles. The normalized spacial score (nSPS) is 29.1. The van der Waals surface area contributed by atoms with Crippen LogP contribution in [0.1, 0.15) is 55.0 Å². The molecular weight excluding hydrogens is 204 g/mol. The molecule has 0 aliphatic heterocycles. The lowest BCUT2D eigenvalue weighted by atomic mass is 9.78. The van der Waals surface area contributed by atoms with Gasteiger partial charge >= 0.3 is 0 Å². The quantitative estimate of drug-likeness (QED) is 0.811. The molecule has 3 N–H and O–H groups in total. The Morgan fingerprint density at radius 2 is 2.31 bits per heavy atom. The molecule has 88 valence electrons. The molecule has 0 amide bonds. The molecular formula is C12H18N2O2. The van der Waals surface area contributed by atoms with Crippen molar-refractivity contribution in [1.29, 1.82) is 0 Å². The minimum absolute atomic E-state index is 0.505. The van der Waals surface area contributed by atoms with E-state index in [0.29, 0.717) is 18.9 Å². The fourth-order valence-electron chi connectivity index (χ4n) is 2.80. The van der Waals surface area contributed by atoms with Crippen LogP contribution in [-0.4, -0.2) is 16.8 Å². The van der Waals surface area contributed by atoms with E-state index in [2.05, 4.69) is 5.16 Å². The Morgan fingerprint density at radius 1 is 1.50 bits per heavy atom. The van der Waals surface area contributed by atoms with E-state index in [4.69, 9.17) is 10.3 Å². The molecule has 2 aliphatic rings. The minimum atomic E-state index is -0.778. The van der Waals surface area contributed by atoms with Crippen LogP contribution < -0.4 is 5.73 Å². The van der Waals surface area contributed by atoms with Gasteiger partial charge in [0.15, 0.2) is 0 Å². The Morgan fingerprint density at radius 3 is 3.00 bits per heavy atom. The van der Waals surface area contributed by atoms with Gasteiger partial charge in [-0.2, -0.15) is 0 Å². The van der Waals surface area contributed by atoms with E-state index in [-0.39, 0.29) is 0 Å². The van der Waals surface area contributed by atoms with E-state index in [9.17, 15) is 5.11 Å². The Balaban J connectivity index is 2.04. The maximum atomic E-state index is 10.7. The summed E-state index contributed by atoms with van der Waals surface area (Å²) in [6, 6.07) is 0. The number of aliphatic hydroxyl groups is 1. The van der Waals surface area contributed by atoms with Gasteiger partial charge in [-0.25, -0.2) is 0 Å². The van der Waals surface area contributed by atoms with Crippen molar-refractivity contribution in [2.24, 2.45) is 5.73 Å². The van der Waals surface area contributed by atoms with E-state index >= 15 is 0 Å². The SMILES string of the molecule is NCCC1(O)CCCc2onc(C3CC3)c21. The van der Waals surface area contributed by atoms with Crippen LogP contribution in [0, 0.1) is 0 Å². The summed E-state index contributed by atoms with van der Waals surface area (Å²) in [5.74, 6) is 1.42. The highest BCUT2D eigenvalue weighted by molar-refractivity contribution is 5.36. The lowest BCUT2D eigenvalue weighted by Crippen LogP contribution is -2.33. The monoisotopic (exact) mass is 222 g/mol. The number of nitrogens with two attached hydrogens (primary N) is 1. The number of rotatable bonds is 3. The highest BCUT2D eigenvalue weighted by Gasteiger charge is 2.43. The fraction of sp³-hybridized carbons (Fsp3) is 0.750. The molecule has 3 rings (SSSR count). The average molecular weight is 222 g/mol. The summed E-state index contributed by atoms with van der Waals surface area (Å²) < 4.78 is 5.38. The second-order valence-corrected chi connectivity index (χ2v) is 5.06. The lowest BCUT2D eigenvalue weighted by molar-refractivity contribution is 0.00961. The van der Waals surface area contributed by atoms with Crippen LogP contribution in [0.15, 0.2) is 4.52 Å². The van der Waals surface area contributed by atoms with Crippen molar-refractivity contribution in [2.45, 2.75) is 50.0 Å². The van der Waals surface area contributed by atoms with E-state index in [1.807, 2.05) is 0 Å². The molecule has 1 unspecified atom stereocenters. The third-order valence-corrected chi connectivity index (χ3v) is 3.77. The van der Waals surface area contributed by atoms with Crippen LogP contribution in [0.25, 0.3) is 0 Å². The number of aryl methyl sites for hydroxylation is 1. The Labute approximate surface area is 94.8 Å². The molecule has 1 atom stereocenters. The van der Waals surface area contributed by atoms with Gasteiger partial charge in [0.05, 0.1) is 11.3 Å². The molecule has 0 aromatic carbocycles. The highest BCUT2D eigenvalue weighted by atomic mass is 16.5. The first-order chi connectivity index (χ1) is 7.74. The summed E-state index contributed by atoms with van der Waals surface area (Å²) in [6.45, 7) is 0.505. The standard InChI is InChI=1S/C12H18N2O2/c13-7-6-12(15)5-1-2-9-10(12)11(14-16-9)8-3-4-8/h8,15H,1-7,13H2. The largest absolute Gasteiger partial charge is 0.385 e. The van der Waals surface area contributed by atoms with Crippen LogP contribution >= 0.6 is 0 Å². The van der Waals surface area contributed by atoms with Crippen molar-refractivity contribution in [3.05, 3.63) is 17.0 Å². The topological polar surface area (TPSA) is 72.3 Å². The molecule has 0 saturated heterocycles. The van der Waals surface area contributed by atoms with Crippen LogP contribution in [0.3, 0.4) is 0 Å². The summed E-state index contributed by atoms with van der Waals surface area (Å²) in [6.07, 6.45) is 5.62. The lowest BCUT2D eigenvalue weighted by Gasteiger charge is -2.31. The van der Waals surface area contributed by atoms with Gasteiger partial charge in [0.25, 0.3) is 0 Å². The fourth-order valence-corrected chi connectivity index (χ4v) is 2.80.